The molecule has 0 bridgehead atoms. The maximum atomic E-state index is 13.1. The lowest BCUT2D eigenvalue weighted by atomic mass is 9.81. The zero-order valence-corrected chi connectivity index (χ0v) is 11.1. The van der Waals surface area contributed by atoms with Crippen molar-refractivity contribution in [3.05, 3.63) is 29.6 Å². The van der Waals surface area contributed by atoms with Crippen molar-refractivity contribution in [2.45, 2.75) is 30.7 Å². The Balaban J connectivity index is 2.40. The van der Waals surface area contributed by atoms with Crippen LogP contribution in [-0.4, -0.2) is 30.9 Å². The standard InChI is InChI=1S/C13H17F3N2O2/c1-19-12(3-6-20-7-4-12)11(17)9-8-18-5-2-10(9)13(14,15)16/h2,5,8,11H,3-4,6-7,17H2,1H3. The number of rotatable bonds is 3. The Morgan fingerprint density at radius 2 is 2.05 bits per heavy atom. The van der Waals surface area contributed by atoms with Crippen LogP contribution in [0.1, 0.15) is 30.0 Å². The second kappa shape index (κ2) is 5.67. The highest BCUT2D eigenvalue weighted by atomic mass is 19.4. The van der Waals surface area contributed by atoms with Crippen LogP contribution in [0.4, 0.5) is 13.2 Å². The van der Waals surface area contributed by atoms with E-state index in [4.69, 9.17) is 15.2 Å². The molecule has 0 spiro atoms. The lowest BCUT2D eigenvalue weighted by Gasteiger charge is -2.41. The van der Waals surface area contributed by atoms with Crippen molar-refractivity contribution in [3.63, 3.8) is 0 Å². The van der Waals surface area contributed by atoms with Crippen LogP contribution in [0.3, 0.4) is 0 Å². The molecular formula is C13H17F3N2O2. The van der Waals surface area contributed by atoms with Crippen LogP contribution in [0, 0.1) is 0 Å². The first kappa shape index (κ1) is 15.2. The molecule has 2 rings (SSSR count). The summed E-state index contributed by atoms with van der Waals surface area (Å²) in [5.74, 6) is 0. The third-order valence-electron chi connectivity index (χ3n) is 3.80. The van der Waals surface area contributed by atoms with Gasteiger partial charge in [-0.1, -0.05) is 0 Å². The molecule has 4 nitrogen and oxygen atoms in total. The van der Waals surface area contributed by atoms with Gasteiger partial charge in [-0.2, -0.15) is 13.2 Å². The lowest BCUT2D eigenvalue weighted by molar-refractivity contribution is -0.140. The van der Waals surface area contributed by atoms with Gasteiger partial charge >= 0.3 is 6.18 Å². The molecule has 1 saturated heterocycles. The number of aromatic nitrogens is 1. The van der Waals surface area contributed by atoms with Crippen molar-refractivity contribution in [3.8, 4) is 0 Å². The molecule has 0 radical (unpaired) electrons. The molecule has 1 aromatic rings. The maximum Gasteiger partial charge on any atom is 0.416 e. The minimum atomic E-state index is -4.46. The SMILES string of the molecule is COC1(C(N)c2cnccc2C(F)(F)F)CCOCC1. The number of alkyl halides is 3. The third kappa shape index (κ3) is 2.79. The van der Waals surface area contributed by atoms with Gasteiger partial charge in [0.05, 0.1) is 17.2 Å². The number of nitrogens with zero attached hydrogens (tertiary/aromatic N) is 1. The second-order valence-corrected chi connectivity index (χ2v) is 4.82. The summed E-state index contributed by atoms with van der Waals surface area (Å²) in [4.78, 5) is 3.77. The number of hydrogen-bond donors (Lipinski definition) is 1. The Morgan fingerprint density at radius 1 is 1.40 bits per heavy atom. The molecule has 1 aliphatic rings. The second-order valence-electron chi connectivity index (χ2n) is 4.82. The highest BCUT2D eigenvalue weighted by molar-refractivity contribution is 5.31. The van der Waals surface area contributed by atoms with Gasteiger partial charge in [0, 0.05) is 51.1 Å². The molecule has 112 valence electrons. The molecule has 1 aliphatic heterocycles. The summed E-state index contributed by atoms with van der Waals surface area (Å²) in [5.41, 5.74) is 4.45. The number of methoxy groups -OCH3 is 1. The largest absolute Gasteiger partial charge is 0.416 e. The molecule has 1 aromatic heterocycles. The van der Waals surface area contributed by atoms with E-state index in [1.807, 2.05) is 0 Å². The number of ether oxygens (including phenoxy) is 2. The van der Waals surface area contributed by atoms with E-state index in [0.717, 1.165) is 12.3 Å². The van der Waals surface area contributed by atoms with Crippen molar-refractivity contribution < 1.29 is 22.6 Å². The van der Waals surface area contributed by atoms with Gasteiger partial charge in [-0.05, 0) is 6.07 Å². The molecule has 2 heterocycles. The predicted octanol–water partition coefficient (Wildman–Crippen LogP) is 2.30. The van der Waals surface area contributed by atoms with Crippen molar-refractivity contribution in [1.29, 1.82) is 0 Å². The smallest absolute Gasteiger partial charge is 0.381 e. The van der Waals surface area contributed by atoms with Crippen LogP contribution < -0.4 is 5.73 Å². The Kier molecular flexibility index (Phi) is 4.31. The summed E-state index contributed by atoms with van der Waals surface area (Å²) in [7, 11) is 1.47. The molecule has 2 N–H and O–H groups in total. The topological polar surface area (TPSA) is 57.4 Å². The van der Waals surface area contributed by atoms with E-state index >= 15 is 0 Å². The summed E-state index contributed by atoms with van der Waals surface area (Å²) >= 11 is 0. The highest BCUT2D eigenvalue weighted by Crippen LogP contribution is 2.40. The average Bonchev–Trinajstić information content (AvgIpc) is 2.46. The van der Waals surface area contributed by atoms with Gasteiger partial charge in [-0.15, -0.1) is 0 Å². The van der Waals surface area contributed by atoms with Crippen LogP contribution in [0.5, 0.6) is 0 Å². The van der Waals surface area contributed by atoms with E-state index in [1.54, 1.807) is 0 Å². The molecule has 7 heteroatoms. The lowest BCUT2D eigenvalue weighted by Crippen LogP contribution is -2.47. The average molecular weight is 290 g/mol. The molecule has 20 heavy (non-hydrogen) atoms. The summed E-state index contributed by atoms with van der Waals surface area (Å²) in [6.45, 7) is 0.840. The van der Waals surface area contributed by atoms with Crippen molar-refractivity contribution in [2.24, 2.45) is 5.73 Å². The van der Waals surface area contributed by atoms with Gasteiger partial charge < -0.3 is 15.2 Å². The molecule has 0 amide bonds. The Labute approximate surface area is 115 Å². The number of hydrogen-bond acceptors (Lipinski definition) is 4. The van der Waals surface area contributed by atoms with Gasteiger partial charge in [0.2, 0.25) is 0 Å². The van der Waals surface area contributed by atoms with Gasteiger partial charge in [-0.3, -0.25) is 4.98 Å². The molecule has 0 saturated carbocycles. The number of nitrogens with two attached hydrogens (primary N) is 1. The van der Waals surface area contributed by atoms with Crippen LogP contribution in [0.2, 0.25) is 0 Å². The fraction of sp³-hybridized carbons (Fsp3) is 0.615. The molecular weight excluding hydrogens is 273 g/mol. The molecule has 0 aliphatic carbocycles. The zero-order chi connectivity index (χ0) is 14.8. The van der Waals surface area contributed by atoms with Crippen LogP contribution in [0.25, 0.3) is 0 Å². The van der Waals surface area contributed by atoms with Crippen molar-refractivity contribution in [1.82, 2.24) is 4.98 Å². The van der Waals surface area contributed by atoms with Gasteiger partial charge in [-0.25, -0.2) is 0 Å². The monoisotopic (exact) mass is 290 g/mol. The van der Waals surface area contributed by atoms with E-state index in [9.17, 15) is 13.2 Å². The van der Waals surface area contributed by atoms with Gasteiger partial charge in [0.15, 0.2) is 0 Å². The molecule has 1 atom stereocenters. The van der Waals surface area contributed by atoms with Crippen LogP contribution in [0.15, 0.2) is 18.5 Å². The molecule has 1 fully saturated rings. The molecule has 1 unspecified atom stereocenters. The summed E-state index contributed by atoms with van der Waals surface area (Å²) in [5, 5.41) is 0. The van der Waals surface area contributed by atoms with Crippen LogP contribution in [-0.2, 0) is 15.7 Å². The van der Waals surface area contributed by atoms with E-state index in [-0.39, 0.29) is 5.56 Å². The van der Waals surface area contributed by atoms with E-state index in [0.29, 0.717) is 26.1 Å². The minimum absolute atomic E-state index is 0.0382. The Hall–Kier alpha value is -1.18. The fourth-order valence-electron chi connectivity index (χ4n) is 2.56. The van der Waals surface area contributed by atoms with E-state index < -0.39 is 23.4 Å². The summed E-state index contributed by atoms with van der Waals surface area (Å²) in [6, 6.07) is 0.0412. The van der Waals surface area contributed by atoms with Gasteiger partial charge in [0.25, 0.3) is 0 Å². The first-order chi connectivity index (χ1) is 9.41. The van der Waals surface area contributed by atoms with E-state index in [2.05, 4.69) is 4.98 Å². The van der Waals surface area contributed by atoms with Crippen molar-refractivity contribution in [2.75, 3.05) is 20.3 Å². The molecule has 0 aromatic carbocycles. The van der Waals surface area contributed by atoms with Crippen molar-refractivity contribution >= 4 is 0 Å². The predicted molar refractivity (Wildman–Crippen MR) is 66.0 cm³/mol. The maximum absolute atomic E-state index is 13.1. The van der Waals surface area contributed by atoms with Crippen LogP contribution >= 0.6 is 0 Å². The van der Waals surface area contributed by atoms with Gasteiger partial charge in [0.1, 0.15) is 0 Å². The quantitative estimate of drug-likeness (QED) is 0.928. The minimum Gasteiger partial charge on any atom is -0.381 e. The number of halogens is 3. The normalized spacial score (nSPS) is 20.6. The third-order valence-corrected chi connectivity index (χ3v) is 3.80. The first-order valence-corrected chi connectivity index (χ1v) is 6.30. The fourth-order valence-corrected chi connectivity index (χ4v) is 2.56. The Bertz CT molecular complexity index is 459. The highest BCUT2D eigenvalue weighted by Gasteiger charge is 2.43. The summed E-state index contributed by atoms with van der Waals surface area (Å²) in [6.07, 6.45) is -1.27. The Morgan fingerprint density at radius 3 is 2.60 bits per heavy atom. The zero-order valence-electron chi connectivity index (χ0n) is 11.1. The summed E-state index contributed by atoms with van der Waals surface area (Å²) < 4.78 is 49.9. The number of pyridine rings is 1. The van der Waals surface area contributed by atoms with E-state index in [1.165, 1.54) is 13.3 Å². The first-order valence-electron chi connectivity index (χ1n) is 6.30.